The van der Waals surface area contributed by atoms with Gasteiger partial charge in [0.15, 0.2) is 5.69 Å². The lowest BCUT2D eigenvalue weighted by molar-refractivity contribution is 0.0692. The Kier molecular flexibility index (Phi) is 3.96. The van der Waals surface area contributed by atoms with Crippen molar-refractivity contribution in [3.05, 3.63) is 45.7 Å². The Hall–Kier alpha value is -2.05. The molecule has 0 spiro atoms. The Morgan fingerprint density at radius 1 is 1.30 bits per heavy atom. The first kappa shape index (κ1) is 14.4. The van der Waals surface area contributed by atoms with Crippen LogP contribution in [0.1, 0.15) is 20.8 Å². The average Bonchev–Trinajstić information content (AvgIpc) is 2.76. The Labute approximate surface area is 123 Å². The molecule has 1 aromatic heterocycles. The van der Waals surface area contributed by atoms with E-state index >= 15 is 0 Å². The van der Waals surface area contributed by atoms with Gasteiger partial charge in [0.2, 0.25) is 0 Å². The van der Waals surface area contributed by atoms with Gasteiger partial charge in [0.05, 0.1) is 10.0 Å². The van der Waals surface area contributed by atoms with Crippen LogP contribution in [0.4, 0.5) is 5.69 Å². The molecule has 8 heteroatoms. The number of benzene rings is 1. The van der Waals surface area contributed by atoms with Crippen molar-refractivity contribution in [3.63, 3.8) is 0 Å². The quantitative estimate of drug-likeness (QED) is 0.912. The zero-order valence-electron chi connectivity index (χ0n) is 10.2. The number of halogens is 2. The molecule has 0 aliphatic rings. The molecule has 20 heavy (non-hydrogen) atoms. The molecule has 0 bridgehead atoms. The van der Waals surface area contributed by atoms with Gasteiger partial charge in [0, 0.05) is 18.9 Å². The van der Waals surface area contributed by atoms with Gasteiger partial charge < -0.3 is 10.4 Å². The number of nitrogens with one attached hydrogen (secondary N) is 1. The molecule has 0 radical (unpaired) electrons. The zero-order chi connectivity index (χ0) is 14.9. The van der Waals surface area contributed by atoms with Gasteiger partial charge in [-0.05, 0) is 18.2 Å². The maximum atomic E-state index is 12.0. The standard InChI is InChI=1S/C12H9Cl2N3O3/c1-17-5-7(12(19)20)10(16-17)11(18)15-6-2-3-8(13)9(14)4-6/h2-5H,1H3,(H,15,18)(H,19,20). The fourth-order valence-corrected chi connectivity index (χ4v) is 1.87. The second-order valence-corrected chi connectivity index (χ2v) is 4.77. The van der Waals surface area contributed by atoms with Gasteiger partial charge in [-0.15, -0.1) is 0 Å². The van der Waals surface area contributed by atoms with Gasteiger partial charge in [0.25, 0.3) is 5.91 Å². The summed E-state index contributed by atoms with van der Waals surface area (Å²) in [4.78, 5) is 23.0. The number of hydrogen-bond acceptors (Lipinski definition) is 3. The minimum absolute atomic E-state index is 0.175. The van der Waals surface area contributed by atoms with E-state index < -0.39 is 11.9 Å². The summed E-state index contributed by atoms with van der Waals surface area (Å²) in [6.07, 6.45) is 1.26. The number of aryl methyl sites for hydroxylation is 1. The Morgan fingerprint density at radius 3 is 2.60 bits per heavy atom. The van der Waals surface area contributed by atoms with Crippen molar-refractivity contribution in [1.29, 1.82) is 0 Å². The number of nitrogens with zero attached hydrogens (tertiary/aromatic N) is 2. The van der Waals surface area contributed by atoms with E-state index in [0.29, 0.717) is 10.7 Å². The minimum Gasteiger partial charge on any atom is -0.478 e. The third-order valence-electron chi connectivity index (χ3n) is 2.45. The van der Waals surface area contributed by atoms with Crippen molar-refractivity contribution in [1.82, 2.24) is 9.78 Å². The Bertz CT molecular complexity index is 697. The van der Waals surface area contributed by atoms with Crippen LogP contribution in [-0.2, 0) is 7.05 Å². The van der Waals surface area contributed by atoms with Gasteiger partial charge in [0.1, 0.15) is 5.56 Å². The maximum absolute atomic E-state index is 12.0. The SMILES string of the molecule is Cn1cc(C(=O)O)c(C(=O)Nc2ccc(Cl)c(Cl)c2)n1. The first-order valence-electron chi connectivity index (χ1n) is 5.42. The van der Waals surface area contributed by atoms with E-state index in [1.165, 1.54) is 30.1 Å². The largest absolute Gasteiger partial charge is 0.478 e. The lowest BCUT2D eigenvalue weighted by Gasteiger charge is -2.05. The summed E-state index contributed by atoms with van der Waals surface area (Å²) >= 11 is 11.6. The number of amides is 1. The number of carbonyl (C=O) groups excluding carboxylic acids is 1. The highest BCUT2D eigenvalue weighted by Crippen LogP contribution is 2.25. The number of anilines is 1. The molecule has 0 aliphatic heterocycles. The summed E-state index contributed by atoms with van der Waals surface area (Å²) in [6, 6.07) is 4.54. The molecular formula is C12H9Cl2N3O3. The van der Waals surface area contributed by atoms with Crippen LogP contribution < -0.4 is 5.32 Å². The van der Waals surface area contributed by atoms with Crippen molar-refractivity contribution < 1.29 is 14.7 Å². The molecule has 1 amide bonds. The topological polar surface area (TPSA) is 84.2 Å². The maximum Gasteiger partial charge on any atom is 0.339 e. The predicted molar refractivity (Wildman–Crippen MR) is 74.6 cm³/mol. The molecule has 0 fully saturated rings. The van der Waals surface area contributed by atoms with Crippen molar-refractivity contribution in [2.75, 3.05) is 5.32 Å². The average molecular weight is 314 g/mol. The molecule has 2 rings (SSSR count). The molecule has 1 heterocycles. The Morgan fingerprint density at radius 2 is 2.00 bits per heavy atom. The molecule has 0 saturated heterocycles. The number of carboxylic acid groups (broad SMARTS) is 1. The van der Waals surface area contributed by atoms with Gasteiger partial charge in [-0.25, -0.2) is 4.79 Å². The molecule has 2 N–H and O–H groups in total. The smallest absolute Gasteiger partial charge is 0.339 e. The van der Waals surface area contributed by atoms with Crippen molar-refractivity contribution in [2.45, 2.75) is 0 Å². The zero-order valence-corrected chi connectivity index (χ0v) is 11.7. The number of carbonyl (C=O) groups is 2. The highest BCUT2D eigenvalue weighted by atomic mass is 35.5. The lowest BCUT2D eigenvalue weighted by Crippen LogP contribution is -2.16. The van der Waals surface area contributed by atoms with Crippen molar-refractivity contribution >= 4 is 40.8 Å². The molecule has 0 atom stereocenters. The Balaban J connectivity index is 2.28. The van der Waals surface area contributed by atoms with Gasteiger partial charge in [-0.2, -0.15) is 5.10 Å². The number of carboxylic acids is 1. The predicted octanol–water partition coefficient (Wildman–Crippen LogP) is 2.68. The lowest BCUT2D eigenvalue weighted by atomic mass is 10.2. The van der Waals surface area contributed by atoms with Gasteiger partial charge >= 0.3 is 5.97 Å². The fourth-order valence-electron chi connectivity index (χ4n) is 1.58. The summed E-state index contributed by atoms with van der Waals surface area (Å²) in [5, 5.41) is 16.0. The minimum atomic E-state index is -1.22. The molecule has 0 unspecified atom stereocenters. The van der Waals surface area contributed by atoms with Gasteiger partial charge in [-0.3, -0.25) is 9.48 Å². The van der Waals surface area contributed by atoms with Crippen LogP contribution in [0.3, 0.4) is 0 Å². The van der Waals surface area contributed by atoms with Crippen LogP contribution in [0.2, 0.25) is 10.0 Å². The normalized spacial score (nSPS) is 10.3. The first-order valence-corrected chi connectivity index (χ1v) is 6.17. The number of rotatable bonds is 3. The van der Waals surface area contributed by atoms with E-state index in [0.717, 1.165) is 0 Å². The molecule has 0 aliphatic carbocycles. The third-order valence-corrected chi connectivity index (χ3v) is 3.19. The van der Waals surface area contributed by atoms with E-state index in [2.05, 4.69) is 10.4 Å². The summed E-state index contributed by atoms with van der Waals surface area (Å²) in [6.45, 7) is 0. The molecule has 2 aromatic rings. The third kappa shape index (κ3) is 2.92. The van der Waals surface area contributed by atoms with Crippen LogP contribution >= 0.6 is 23.2 Å². The van der Waals surface area contributed by atoms with E-state index in [4.69, 9.17) is 28.3 Å². The van der Waals surface area contributed by atoms with Crippen LogP contribution in [0.5, 0.6) is 0 Å². The second-order valence-electron chi connectivity index (χ2n) is 3.95. The monoisotopic (exact) mass is 313 g/mol. The number of hydrogen-bond donors (Lipinski definition) is 2. The highest BCUT2D eigenvalue weighted by molar-refractivity contribution is 6.42. The number of aromatic carboxylic acids is 1. The fraction of sp³-hybridized carbons (Fsp3) is 0.0833. The molecule has 0 saturated carbocycles. The summed E-state index contributed by atoms with van der Waals surface area (Å²) in [5.74, 6) is -1.86. The summed E-state index contributed by atoms with van der Waals surface area (Å²) < 4.78 is 1.26. The highest BCUT2D eigenvalue weighted by Gasteiger charge is 2.21. The second kappa shape index (κ2) is 5.52. The van der Waals surface area contributed by atoms with E-state index in [1.54, 1.807) is 6.07 Å². The molecule has 1 aromatic carbocycles. The molecule has 6 nitrogen and oxygen atoms in total. The van der Waals surface area contributed by atoms with Crippen LogP contribution in [0.25, 0.3) is 0 Å². The molecular weight excluding hydrogens is 305 g/mol. The van der Waals surface area contributed by atoms with Crippen molar-refractivity contribution in [3.8, 4) is 0 Å². The van der Waals surface area contributed by atoms with Crippen LogP contribution in [0.15, 0.2) is 24.4 Å². The van der Waals surface area contributed by atoms with E-state index in [-0.39, 0.29) is 16.3 Å². The van der Waals surface area contributed by atoms with E-state index in [1.807, 2.05) is 0 Å². The van der Waals surface area contributed by atoms with Crippen LogP contribution in [0, 0.1) is 0 Å². The summed E-state index contributed by atoms with van der Waals surface area (Å²) in [5.41, 5.74) is 0.0440. The van der Waals surface area contributed by atoms with Crippen LogP contribution in [-0.4, -0.2) is 26.8 Å². The van der Waals surface area contributed by atoms with Gasteiger partial charge in [-0.1, -0.05) is 23.2 Å². The van der Waals surface area contributed by atoms with Crippen molar-refractivity contribution in [2.24, 2.45) is 7.05 Å². The first-order chi connectivity index (χ1) is 9.38. The number of aromatic nitrogens is 2. The van der Waals surface area contributed by atoms with E-state index in [9.17, 15) is 9.59 Å². The summed E-state index contributed by atoms with van der Waals surface area (Å²) in [7, 11) is 1.53. The molecule has 104 valence electrons.